The molecule has 3 aromatic rings. The third-order valence-corrected chi connectivity index (χ3v) is 10.3. The molecule has 2 aromatic carbocycles. The van der Waals surface area contributed by atoms with Crippen molar-refractivity contribution in [1.29, 1.82) is 0 Å². The first kappa shape index (κ1) is 33.8. The van der Waals surface area contributed by atoms with Crippen LogP contribution in [0.2, 0.25) is 0 Å². The maximum Gasteiger partial charge on any atom is 0.239 e. The molecule has 0 saturated carbocycles. The number of rotatable bonds is 11. The molecule has 4 N–H and O–H groups in total. The van der Waals surface area contributed by atoms with E-state index in [2.05, 4.69) is 47.8 Å². The van der Waals surface area contributed by atoms with Gasteiger partial charge < -0.3 is 20.8 Å². The number of aliphatic hydroxyl groups excluding tert-OH is 2. The Morgan fingerprint density at radius 2 is 1.82 bits per heavy atom. The van der Waals surface area contributed by atoms with E-state index in [9.17, 15) is 19.8 Å². The Morgan fingerprint density at radius 3 is 2.53 bits per heavy atom. The van der Waals surface area contributed by atoms with Crippen molar-refractivity contribution in [2.75, 3.05) is 26.2 Å². The first-order valence-corrected chi connectivity index (χ1v) is 17.4. The predicted molar refractivity (Wildman–Crippen MR) is 182 cm³/mol. The third kappa shape index (κ3) is 9.24. The molecule has 2 heterocycles. The van der Waals surface area contributed by atoms with Gasteiger partial charge in [0.2, 0.25) is 11.8 Å². The van der Waals surface area contributed by atoms with Gasteiger partial charge in [0.05, 0.1) is 18.2 Å². The van der Waals surface area contributed by atoms with Crippen molar-refractivity contribution in [3.8, 4) is 0 Å². The lowest BCUT2D eigenvalue weighted by atomic mass is 9.91. The monoisotopic (exact) mass is 696 g/mol. The summed E-state index contributed by atoms with van der Waals surface area (Å²) in [6.45, 7) is 8.93. The van der Waals surface area contributed by atoms with Gasteiger partial charge in [0.15, 0.2) is 0 Å². The Morgan fingerprint density at radius 1 is 1.09 bits per heavy atom. The smallest absolute Gasteiger partial charge is 0.239 e. The lowest BCUT2D eigenvalue weighted by Crippen LogP contribution is -2.61. The molecule has 0 radical (unpaired) electrons. The van der Waals surface area contributed by atoms with Crippen LogP contribution in [0, 0.1) is 5.92 Å². The van der Waals surface area contributed by atoms with Gasteiger partial charge >= 0.3 is 0 Å². The van der Waals surface area contributed by atoms with Crippen molar-refractivity contribution >= 4 is 39.1 Å². The number of hydrogen-bond acceptors (Lipinski definition) is 7. The molecule has 10 heteroatoms. The van der Waals surface area contributed by atoms with E-state index in [1.165, 1.54) is 4.88 Å². The number of hydrogen-bond donors (Lipinski definition) is 4. The number of piperazine rings is 1. The number of benzene rings is 2. The quantitative estimate of drug-likeness (QED) is 0.239. The summed E-state index contributed by atoms with van der Waals surface area (Å²) in [5.41, 5.74) is 2.61. The molecule has 8 nitrogen and oxygen atoms in total. The Bertz CT molecular complexity index is 1440. The van der Waals surface area contributed by atoms with Crippen molar-refractivity contribution in [3.63, 3.8) is 0 Å². The molecule has 5 atom stereocenters. The maximum absolute atomic E-state index is 13.8. The molecule has 1 aliphatic heterocycles. The zero-order valence-corrected chi connectivity index (χ0v) is 28.7. The highest BCUT2D eigenvalue weighted by Gasteiger charge is 2.37. The van der Waals surface area contributed by atoms with Crippen LogP contribution in [0.4, 0.5) is 0 Å². The van der Waals surface area contributed by atoms with E-state index >= 15 is 0 Å². The standard InChI is InChI=1S/C35H45BrN4O4S/c1-35(2,3)38-34(44)30-21-39(20-28-18-26(36)22-45-28)13-14-40(30)19-27(41)16-25(15-23-9-5-4-6-10-23)33(43)37-32-29-12-8-7-11-24(29)17-31(32)42/h4-12,18,22,25,27,30-32,41-42H,13-17,19-21H2,1-3H3,(H,37,43)(H,38,44)/t25-,27-,30-,31+,32-/m0/s1. The average molecular weight is 698 g/mol. The SMILES string of the molecule is CC(C)(C)NC(=O)[C@@H]1CN(Cc2cc(Br)cs2)CCN1C[C@@H](O)C[C@H](Cc1ccccc1)C(=O)N[C@H]1c2ccccc2C[C@H]1O. The second-order valence-electron chi connectivity index (χ2n) is 13.4. The van der Waals surface area contributed by atoms with Crippen LogP contribution < -0.4 is 10.6 Å². The number of fused-ring (bicyclic) bond motifs is 1. The number of amides is 2. The molecule has 1 aromatic heterocycles. The van der Waals surface area contributed by atoms with Crippen molar-refractivity contribution in [2.24, 2.45) is 5.92 Å². The first-order valence-electron chi connectivity index (χ1n) is 15.7. The summed E-state index contributed by atoms with van der Waals surface area (Å²) in [7, 11) is 0. The molecular formula is C35H45BrN4O4S. The van der Waals surface area contributed by atoms with Gasteiger partial charge in [-0.15, -0.1) is 11.3 Å². The van der Waals surface area contributed by atoms with E-state index in [-0.39, 0.29) is 30.3 Å². The maximum atomic E-state index is 13.8. The van der Waals surface area contributed by atoms with E-state index in [1.54, 1.807) is 11.3 Å². The fourth-order valence-corrected chi connectivity index (χ4v) is 7.96. The molecule has 5 rings (SSSR count). The van der Waals surface area contributed by atoms with Crippen LogP contribution in [0.3, 0.4) is 0 Å². The van der Waals surface area contributed by atoms with Crippen LogP contribution in [0.5, 0.6) is 0 Å². The number of nitrogens with zero attached hydrogens (tertiary/aromatic N) is 2. The van der Waals surface area contributed by atoms with Gasteiger partial charge in [-0.25, -0.2) is 0 Å². The second-order valence-corrected chi connectivity index (χ2v) is 15.4. The van der Waals surface area contributed by atoms with Crippen molar-refractivity contribution in [2.45, 2.75) is 76.4 Å². The predicted octanol–water partition coefficient (Wildman–Crippen LogP) is 4.30. The lowest BCUT2D eigenvalue weighted by Gasteiger charge is -2.42. The molecule has 0 unspecified atom stereocenters. The van der Waals surface area contributed by atoms with Crippen LogP contribution in [0.1, 0.15) is 54.8 Å². The number of nitrogens with one attached hydrogen (secondary N) is 2. The fraction of sp³-hybridized carbons (Fsp3) is 0.486. The molecule has 0 bridgehead atoms. The molecule has 45 heavy (non-hydrogen) atoms. The van der Waals surface area contributed by atoms with Crippen LogP contribution in [-0.2, 0) is 29.0 Å². The number of β-amino-alcohol motifs (C(OH)–C–C–N with tert-alkyl or cyclic N) is 1. The van der Waals surface area contributed by atoms with E-state index in [1.807, 2.05) is 75.4 Å². The normalized spacial score (nSPS) is 22.0. The lowest BCUT2D eigenvalue weighted by molar-refractivity contribution is -0.132. The third-order valence-electron chi connectivity index (χ3n) is 8.58. The largest absolute Gasteiger partial charge is 0.392 e. The molecular weight excluding hydrogens is 652 g/mol. The highest BCUT2D eigenvalue weighted by Crippen LogP contribution is 2.32. The number of halogens is 1. The highest BCUT2D eigenvalue weighted by molar-refractivity contribution is 9.10. The van der Waals surface area contributed by atoms with Crippen LogP contribution in [0.25, 0.3) is 0 Å². The Kier molecular flexibility index (Phi) is 11.2. The Hall–Kier alpha value is -2.60. The molecule has 1 aliphatic carbocycles. The zero-order valence-electron chi connectivity index (χ0n) is 26.3. The van der Waals surface area contributed by atoms with Crippen molar-refractivity contribution in [3.05, 3.63) is 92.1 Å². The molecule has 242 valence electrons. The molecule has 1 fully saturated rings. The minimum Gasteiger partial charge on any atom is -0.392 e. The summed E-state index contributed by atoms with van der Waals surface area (Å²) in [4.78, 5) is 33.0. The first-order chi connectivity index (χ1) is 21.4. The topological polar surface area (TPSA) is 105 Å². The average Bonchev–Trinajstić information content (AvgIpc) is 3.54. The van der Waals surface area contributed by atoms with Crippen LogP contribution in [0.15, 0.2) is 70.5 Å². The second kappa shape index (κ2) is 14.9. The van der Waals surface area contributed by atoms with E-state index in [4.69, 9.17) is 0 Å². The fourth-order valence-electron chi connectivity index (χ4n) is 6.47. The van der Waals surface area contributed by atoms with Gasteiger partial charge in [0.1, 0.15) is 6.04 Å². The van der Waals surface area contributed by atoms with Gasteiger partial charge in [-0.1, -0.05) is 54.6 Å². The summed E-state index contributed by atoms with van der Waals surface area (Å²) in [5.74, 6) is -0.755. The Balaban J connectivity index is 1.28. The zero-order chi connectivity index (χ0) is 32.1. The number of thiophene rings is 1. The van der Waals surface area contributed by atoms with Gasteiger partial charge in [-0.05, 0) is 72.3 Å². The van der Waals surface area contributed by atoms with Gasteiger partial charge in [0.25, 0.3) is 0 Å². The van der Waals surface area contributed by atoms with E-state index in [0.29, 0.717) is 25.9 Å². The molecule has 0 spiro atoms. The van der Waals surface area contributed by atoms with Crippen molar-refractivity contribution < 1.29 is 19.8 Å². The number of aliphatic hydroxyl groups is 2. The summed E-state index contributed by atoms with van der Waals surface area (Å²) in [6.07, 6.45) is -0.313. The summed E-state index contributed by atoms with van der Waals surface area (Å²) in [5, 5.41) is 30.6. The van der Waals surface area contributed by atoms with Crippen LogP contribution >= 0.6 is 27.3 Å². The molecule has 2 aliphatic rings. The van der Waals surface area contributed by atoms with E-state index in [0.717, 1.165) is 34.3 Å². The summed E-state index contributed by atoms with van der Waals surface area (Å²) >= 11 is 5.23. The number of carbonyl (C=O) groups excluding carboxylic acids is 2. The van der Waals surface area contributed by atoms with Crippen LogP contribution in [-0.4, -0.2) is 81.8 Å². The molecule has 2 amide bonds. The van der Waals surface area contributed by atoms with Crippen molar-refractivity contribution in [1.82, 2.24) is 20.4 Å². The van der Waals surface area contributed by atoms with Gasteiger partial charge in [-0.3, -0.25) is 19.4 Å². The van der Waals surface area contributed by atoms with E-state index < -0.39 is 30.2 Å². The van der Waals surface area contributed by atoms with Gasteiger partial charge in [-0.2, -0.15) is 0 Å². The minimum absolute atomic E-state index is 0.0563. The molecule has 1 saturated heterocycles. The van der Waals surface area contributed by atoms with Gasteiger partial charge in [0, 0.05) is 65.3 Å². The highest BCUT2D eigenvalue weighted by atomic mass is 79.9. The minimum atomic E-state index is -0.824. The summed E-state index contributed by atoms with van der Waals surface area (Å²) < 4.78 is 1.06. The summed E-state index contributed by atoms with van der Waals surface area (Å²) in [6, 6.07) is 18.8. The number of carbonyl (C=O) groups is 2. The Labute approximate surface area is 279 Å².